The maximum atomic E-state index is 13.0. The predicted octanol–water partition coefficient (Wildman–Crippen LogP) is 4.38. The van der Waals surface area contributed by atoms with Gasteiger partial charge >= 0.3 is 6.18 Å². The summed E-state index contributed by atoms with van der Waals surface area (Å²) in [6.45, 7) is 2.40. The van der Waals surface area contributed by atoms with Crippen LogP contribution in [0.5, 0.6) is 5.75 Å². The number of aryl methyl sites for hydroxylation is 2. The Bertz CT molecular complexity index is 992. The number of alkyl halides is 3. The second-order valence-electron chi connectivity index (χ2n) is 9.17. The second kappa shape index (κ2) is 6.33. The lowest BCUT2D eigenvalue weighted by atomic mass is 9.55. The van der Waals surface area contributed by atoms with Gasteiger partial charge in [-0.2, -0.15) is 13.2 Å². The zero-order valence-electron chi connectivity index (χ0n) is 16.8. The molecule has 3 saturated carbocycles. The van der Waals surface area contributed by atoms with Crippen LogP contribution < -0.4 is 4.90 Å². The Balaban J connectivity index is 1.51. The van der Waals surface area contributed by atoms with Gasteiger partial charge in [-0.15, -0.1) is 10.2 Å². The van der Waals surface area contributed by atoms with Gasteiger partial charge in [0.2, 0.25) is 0 Å². The van der Waals surface area contributed by atoms with Crippen molar-refractivity contribution >= 4 is 5.82 Å². The van der Waals surface area contributed by atoms with Gasteiger partial charge in [0.25, 0.3) is 0 Å². The molecule has 0 atom stereocenters. The number of halogens is 3. The van der Waals surface area contributed by atoms with Gasteiger partial charge in [-0.1, -0.05) is 0 Å². The van der Waals surface area contributed by atoms with Crippen LogP contribution in [0, 0.1) is 6.92 Å². The van der Waals surface area contributed by atoms with Gasteiger partial charge in [-0.05, 0) is 81.2 Å². The summed E-state index contributed by atoms with van der Waals surface area (Å²) in [7, 11) is 0. The highest BCUT2D eigenvalue weighted by atomic mass is 19.4. The minimum absolute atomic E-state index is 0.0647. The number of anilines is 1. The molecule has 4 aliphatic rings. The summed E-state index contributed by atoms with van der Waals surface area (Å²) in [5.74, 6) is 0.358. The van der Waals surface area contributed by atoms with E-state index in [0.29, 0.717) is 11.3 Å². The molecule has 1 aliphatic heterocycles. The first-order valence-corrected chi connectivity index (χ1v) is 10.4. The fraction of sp³-hybridized carbons (Fsp3) is 0.545. The monoisotopic (exact) mass is 419 g/mol. The van der Waals surface area contributed by atoms with Gasteiger partial charge < -0.3 is 15.1 Å². The SMILES string of the molecule is Cc1cc(C(F)(F)F)cc(O)c1-c1cc2c(nn1)N(C13CCCC(O)(C1)C3)CCC2. The average molecular weight is 419 g/mol. The molecule has 3 fully saturated rings. The topological polar surface area (TPSA) is 69.5 Å². The average Bonchev–Trinajstić information content (AvgIpc) is 2.65. The summed E-state index contributed by atoms with van der Waals surface area (Å²) in [6, 6.07) is 3.61. The Morgan fingerprint density at radius 3 is 2.50 bits per heavy atom. The Labute approximate surface area is 172 Å². The number of aromatic nitrogens is 2. The van der Waals surface area contributed by atoms with Crippen molar-refractivity contribution < 1.29 is 23.4 Å². The molecule has 0 saturated heterocycles. The Morgan fingerprint density at radius 1 is 1.07 bits per heavy atom. The van der Waals surface area contributed by atoms with E-state index in [1.807, 2.05) is 6.07 Å². The van der Waals surface area contributed by atoms with Crippen LogP contribution in [0.15, 0.2) is 18.2 Å². The summed E-state index contributed by atoms with van der Waals surface area (Å²) < 4.78 is 39.1. The van der Waals surface area contributed by atoms with Crippen molar-refractivity contribution in [1.29, 1.82) is 0 Å². The number of fused-ring (bicyclic) bond motifs is 3. The van der Waals surface area contributed by atoms with Crippen LogP contribution >= 0.6 is 0 Å². The molecule has 2 bridgehead atoms. The Morgan fingerprint density at radius 2 is 1.83 bits per heavy atom. The highest BCUT2D eigenvalue weighted by Crippen LogP contribution is 2.56. The molecule has 5 nitrogen and oxygen atoms in total. The van der Waals surface area contributed by atoms with Crippen LogP contribution in [-0.2, 0) is 12.6 Å². The van der Waals surface area contributed by atoms with Crippen molar-refractivity contribution in [3.63, 3.8) is 0 Å². The van der Waals surface area contributed by atoms with E-state index in [4.69, 9.17) is 0 Å². The van der Waals surface area contributed by atoms with Gasteiger partial charge in [-0.25, -0.2) is 0 Å². The molecule has 160 valence electrons. The smallest absolute Gasteiger partial charge is 0.416 e. The molecule has 0 radical (unpaired) electrons. The molecule has 1 aromatic heterocycles. The molecule has 2 heterocycles. The maximum Gasteiger partial charge on any atom is 0.416 e. The molecular weight excluding hydrogens is 395 g/mol. The first-order chi connectivity index (χ1) is 14.1. The lowest BCUT2D eigenvalue weighted by molar-refractivity contribution is -0.137. The lowest BCUT2D eigenvalue weighted by Gasteiger charge is -2.63. The van der Waals surface area contributed by atoms with E-state index < -0.39 is 23.1 Å². The van der Waals surface area contributed by atoms with E-state index in [-0.39, 0.29) is 11.1 Å². The summed E-state index contributed by atoms with van der Waals surface area (Å²) in [6.07, 6.45) is 1.59. The van der Waals surface area contributed by atoms with Crippen molar-refractivity contribution in [3.05, 3.63) is 34.9 Å². The van der Waals surface area contributed by atoms with Gasteiger partial charge in [0.15, 0.2) is 5.82 Å². The predicted molar refractivity (Wildman–Crippen MR) is 105 cm³/mol. The van der Waals surface area contributed by atoms with E-state index in [1.165, 1.54) is 6.92 Å². The number of nitrogens with zero attached hydrogens (tertiary/aromatic N) is 3. The molecule has 2 aromatic rings. The number of phenolic OH excluding ortho intramolecular Hbond substituents is 1. The lowest BCUT2D eigenvalue weighted by Crippen LogP contribution is -2.69. The minimum Gasteiger partial charge on any atom is -0.507 e. The quantitative estimate of drug-likeness (QED) is 0.756. The van der Waals surface area contributed by atoms with Crippen LogP contribution in [0.3, 0.4) is 0 Å². The number of phenols is 1. The second-order valence-corrected chi connectivity index (χ2v) is 9.17. The highest BCUT2D eigenvalue weighted by molar-refractivity contribution is 5.73. The fourth-order valence-corrected chi connectivity index (χ4v) is 5.82. The summed E-state index contributed by atoms with van der Waals surface area (Å²) in [5.41, 5.74) is 0.457. The molecule has 30 heavy (non-hydrogen) atoms. The fourth-order valence-electron chi connectivity index (χ4n) is 5.82. The molecule has 0 amide bonds. The third-order valence-corrected chi connectivity index (χ3v) is 7.01. The third-order valence-electron chi connectivity index (χ3n) is 7.01. The maximum absolute atomic E-state index is 13.0. The zero-order chi connectivity index (χ0) is 21.3. The number of benzene rings is 1. The molecular formula is C22H24F3N3O2. The summed E-state index contributed by atoms with van der Waals surface area (Å²) in [5, 5.41) is 29.6. The number of hydrogen-bond acceptors (Lipinski definition) is 5. The van der Waals surface area contributed by atoms with Crippen LogP contribution in [0.25, 0.3) is 11.3 Å². The molecule has 8 heteroatoms. The molecule has 1 aromatic carbocycles. The van der Waals surface area contributed by atoms with Crippen LogP contribution in [0.4, 0.5) is 19.0 Å². The van der Waals surface area contributed by atoms with Crippen molar-refractivity contribution in [2.24, 2.45) is 0 Å². The van der Waals surface area contributed by atoms with Gasteiger partial charge in [0.1, 0.15) is 5.75 Å². The van der Waals surface area contributed by atoms with Crippen molar-refractivity contribution in [2.75, 3.05) is 11.4 Å². The Hall–Kier alpha value is -2.35. The molecule has 2 N–H and O–H groups in total. The highest BCUT2D eigenvalue weighted by Gasteiger charge is 2.59. The van der Waals surface area contributed by atoms with Crippen molar-refractivity contribution in [3.8, 4) is 17.0 Å². The van der Waals surface area contributed by atoms with E-state index >= 15 is 0 Å². The van der Waals surface area contributed by atoms with Gasteiger partial charge in [0.05, 0.1) is 16.9 Å². The normalized spacial score (nSPS) is 28.1. The van der Waals surface area contributed by atoms with Crippen LogP contribution in [-0.4, -0.2) is 38.1 Å². The summed E-state index contributed by atoms with van der Waals surface area (Å²) >= 11 is 0. The minimum atomic E-state index is -4.52. The van der Waals surface area contributed by atoms with Crippen LogP contribution in [0.1, 0.15) is 55.2 Å². The van der Waals surface area contributed by atoms with Gasteiger partial charge in [-0.3, -0.25) is 0 Å². The number of aliphatic hydroxyl groups is 1. The molecule has 3 aliphatic carbocycles. The Kier molecular flexibility index (Phi) is 4.13. The first-order valence-electron chi connectivity index (χ1n) is 10.4. The van der Waals surface area contributed by atoms with E-state index in [0.717, 1.165) is 75.0 Å². The van der Waals surface area contributed by atoms with Gasteiger partial charge in [0, 0.05) is 17.6 Å². The summed E-state index contributed by atoms with van der Waals surface area (Å²) in [4.78, 5) is 2.29. The van der Waals surface area contributed by atoms with Crippen LogP contribution in [0.2, 0.25) is 0 Å². The first kappa shape index (κ1) is 19.6. The standard InChI is InChI=1S/C22H24F3N3O2/c1-13-8-15(22(23,24)25)10-17(29)18(13)16-9-14-4-2-7-28(19(14)27-26-16)20-5-3-6-21(30,11-20)12-20/h8-10,29-30H,2-7,11-12H2,1H3. The van der Waals surface area contributed by atoms with E-state index in [2.05, 4.69) is 15.1 Å². The van der Waals surface area contributed by atoms with Crippen molar-refractivity contribution in [1.82, 2.24) is 10.2 Å². The zero-order valence-corrected chi connectivity index (χ0v) is 16.8. The number of hydrogen-bond donors (Lipinski definition) is 2. The van der Waals surface area contributed by atoms with E-state index in [1.54, 1.807) is 0 Å². The van der Waals surface area contributed by atoms with Crippen molar-refractivity contribution in [2.45, 2.75) is 69.2 Å². The number of rotatable bonds is 2. The largest absolute Gasteiger partial charge is 0.507 e. The molecule has 0 unspecified atom stereocenters. The number of aromatic hydroxyl groups is 1. The molecule has 0 spiro atoms. The van der Waals surface area contributed by atoms with E-state index in [9.17, 15) is 23.4 Å². The third kappa shape index (κ3) is 2.95. The molecule has 6 rings (SSSR count).